The summed E-state index contributed by atoms with van der Waals surface area (Å²) >= 11 is 0. The Morgan fingerprint density at radius 1 is 1.16 bits per heavy atom. The van der Waals surface area contributed by atoms with Crippen LogP contribution in [0.1, 0.15) is 11.3 Å². The summed E-state index contributed by atoms with van der Waals surface area (Å²) in [5.41, 5.74) is 6.20. The summed E-state index contributed by atoms with van der Waals surface area (Å²) in [4.78, 5) is 17.6. The van der Waals surface area contributed by atoms with Crippen LogP contribution in [-0.2, 0) is 13.1 Å². The lowest BCUT2D eigenvalue weighted by Crippen LogP contribution is -2.27. The molecule has 0 bridgehead atoms. The number of methoxy groups -OCH3 is 1. The Balaban J connectivity index is 0.00000272. The molecule has 0 saturated carbocycles. The zero-order valence-corrected chi connectivity index (χ0v) is 17.2. The van der Waals surface area contributed by atoms with Crippen LogP contribution in [0.15, 0.2) is 57.9 Å². The first-order valence-corrected chi connectivity index (χ1v) is 9.05. The van der Waals surface area contributed by atoms with Crippen molar-refractivity contribution in [1.82, 2.24) is 9.55 Å². The number of hydrogen-bond acceptors (Lipinski definition) is 6. The van der Waals surface area contributed by atoms with Crippen LogP contribution in [0.4, 0.5) is 20.2 Å². The molecule has 0 saturated heterocycles. The van der Waals surface area contributed by atoms with Gasteiger partial charge in [0.25, 0.3) is 5.56 Å². The minimum Gasteiger partial charge on any atom is -0.481 e. The molecule has 0 spiro atoms. The lowest BCUT2D eigenvalue weighted by atomic mass is 10.1. The summed E-state index contributed by atoms with van der Waals surface area (Å²) < 4.78 is 40.2. The number of pyridine rings is 2. The van der Waals surface area contributed by atoms with Crippen molar-refractivity contribution in [3.05, 3.63) is 82.0 Å². The Morgan fingerprint density at radius 2 is 1.90 bits per heavy atom. The van der Waals surface area contributed by atoms with E-state index in [0.717, 1.165) is 12.1 Å². The van der Waals surface area contributed by atoms with Crippen molar-refractivity contribution in [3.63, 3.8) is 0 Å². The van der Waals surface area contributed by atoms with Gasteiger partial charge in [0, 0.05) is 11.6 Å². The number of benzene rings is 1. The van der Waals surface area contributed by atoms with Gasteiger partial charge in [-0.15, -0.1) is 12.4 Å². The third-order valence-electron chi connectivity index (χ3n) is 4.73. The fourth-order valence-electron chi connectivity index (χ4n) is 3.20. The van der Waals surface area contributed by atoms with E-state index >= 15 is 0 Å². The number of nitrogens with two attached hydrogens (primary N) is 1. The van der Waals surface area contributed by atoms with Gasteiger partial charge in [0.1, 0.15) is 28.6 Å². The van der Waals surface area contributed by atoms with Gasteiger partial charge in [0.05, 0.1) is 37.7 Å². The van der Waals surface area contributed by atoms with Crippen LogP contribution in [0.2, 0.25) is 0 Å². The zero-order valence-electron chi connectivity index (χ0n) is 16.4. The van der Waals surface area contributed by atoms with Crippen molar-refractivity contribution >= 4 is 34.8 Å². The van der Waals surface area contributed by atoms with E-state index in [2.05, 4.69) is 10.3 Å². The van der Waals surface area contributed by atoms with Crippen molar-refractivity contribution in [3.8, 4) is 5.88 Å². The second-order valence-corrected chi connectivity index (χ2v) is 6.53. The van der Waals surface area contributed by atoms with Gasteiger partial charge in [-0.25, -0.2) is 13.8 Å². The predicted molar refractivity (Wildman–Crippen MR) is 116 cm³/mol. The maximum absolute atomic E-state index is 14.3. The van der Waals surface area contributed by atoms with Crippen molar-refractivity contribution < 1.29 is 17.9 Å². The number of hydrogen-bond donors (Lipinski definition) is 2. The molecule has 0 atom stereocenters. The van der Waals surface area contributed by atoms with Crippen molar-refractivity contribution in [1.29, 1.82) is 0 Å². The zero-order chi connectivity index (χ0) is 21.3. The molecule has 4 aromatic rings. The molecule has 0 radical (unpaired) electrons. The monoisotopic (exact) mass is 448 g/mol. The average molecular weight is 449 g/mol. The Hall–Kier alpha value is -3.59. The number of anilines is 2. The van der Waals surface area contributed by atoms with Crippen LogP contribution in [0, 0.1) is 11.6 Å². The van der Waals surface area contributed by atoms with E-state index in [4.69, 9.17) is 14.9 Å². The quantitative estimate of drug-likeness (QED) is 0.464. The molecular formula is C21H19ClF2N4O3. The number of fused-ring (bicyclic) bond motifs is 1. The van der Waals surface area contributed by atoms with E-state index in [-0.39, 0.29) is 53.8 Å². The first-order valence-electron chi connectivity index (χ1n) is 9.05. The summed E-state index contributed by atoms with van der Waals surface area (Å²) in [7, 11) is 1.45. The molecule has 3 N–H and O–H groups in total. The molecule has 0 aliphatic heterocycles. The largest absolute Gasteiger partial charge is 0.481 e. The molecule has 0 unspecified atom stereocenters. The molecule has 7 nitrogen and oxygen atoms in total. The summed E-state index contributed by atoms with van der Waals surface area (Å²) in [5, 5.41) is 2.95. The van der Waals surface area contributed by atoms with Gasteiger partial charge in [0.15, 0.2) is 0 Å². The summed E-state index contributed by atoms with van der Waals surface area (Å²) in [6.07, 6.45) is 1.51. The second kappa shape index (κ2) is 9.05. The lowest BCUT2D eigenvalue weighted by Gasteiger charge is -2.17. The first kappa shape index (κ1) is 22.1. The number of nitrogens with zero attached hydrogens (tertiary/aromatic N) is 2. The molecular weight excluding hydrogens is 430 g/mol. The van der Waals surface area contributed by atoms with Crippen LogP contribution < -0.4 is 21.3 Å². The van der Waals surface area contributed by atoms with E-state index in [0.29, 0.717) is 11.3 Å². The van der Waals surface area contributed by atoms with Gasteiger partial charge in [-0.05, 0) is 30.3 Å². The molecule has 0 aliphatic carbocycles. The summed E-state index contributed by atoms with van der Waals surface area (Å²) in [5.74, 6) is -0.635. The second-order valence-electron chi connectivity index (χ2n) is 6.53. The standard InChI is InChI=1S/C21H18F2N4O3.ClH/c1-29-17-8-7-16-19(26-17)18(24)20(25-10-12-4-3-9-30-12)21(28)27(16)11-13-14(22)5-2-6-15(13)23;/h2-9,25H,10-11,24H2,1H3;1H. The van der Waals surface area contributed by atoms with Gasteiger partial charge in [0.2, 0.25) is 5.88 Å². The van der Waals surface area contributed by atoms with Gasteiger partial charge < -0.3 is 24.8 Å². The van der Waals surface area contributed by atoms with E-state index < -0.39 is 17.2 Å². The maximum Gasteiger partial charge on any atom is 0.276 e. The number of aromatic nitrogens is 2. The van der Waals surface area contributed by atoms with Gasteiger partial charge in [-0.2, -0.15) is 0 Å². The molecule has 3 heterocycles. The van der Waals surface area contributed by atoms with Crippen LogP contribution in [-0.4, -0.2) is 16.7 Å². The van der Waals surface area contributed by atoms with Gasteiger partial charge >= 0.3 is 0 Å². The van der Waals surface area contributed by atoms with Crippen molar-refractivity contribution in [2.75, 3.05) is 18.2 Å². The Labute approximate surface area is 181 Å². The number of nitrogens with one attached hydrogen (secondary N) is 1. The number of ether oxygens (including phenoxy) is 1. The van der Waals surface area contributed by atoms with E-state index in [1.54, 1.807) is 24.3 Å². The van der Waals surface area contributed by atoms with Gasteiger partial charge in [-0.1, -0.05) is 6.07 Å². The molecule has 0 aliphatic rings. The third-order valence-corrected chi connectivity index (χ3v) is 4.73. The Morgan fingerprint density at radius 3 is 2.55 bits per heavy atom. The fourth-order valence-corrected chi connectivity index (χ4v) is 3.20. The topological polar surface area (TPSA) is 95.3 Å². The number of nitrogen functional groups attached to an aromatic ring is 1. The fraction of sp³-hybridized carbons (Fsp3) is 0.143. The van der Waals surface area contributed by atoms with Crippen molar-refractivity contribution in [2.24, 2.45) is 0 Å². The maximum atomic E-state index is 14.3. The molecule has 10 heteroatoms. The van der Waals surface area contributed by atoms with Crippen molar-refractivity contribution in [2.45, 2.75) is 13.1 Å². The molecule has 0 amide bonds. The molecule has 162 valence electrons. The third kappa shape index (κ3) is 4.17. The molecule has 31 heavy (non-hydrogen) atoms. The summed E-state index contributed by atoms with van der Waals surface area (Å²) in [6.45, 7) is -0.145. The molecule has 0 fully saturated rings. The number of rotatable bonds is 6. The average Bonchev–Trinajstić information content (AvgIpc) is 3.26. The highest BCUT2D eigenvalue weighted by Crippen LogP contribution is 2.27. The molecule has 3 aromatic heterocycles. The van der Waals surface area contributed by atoms with Crippen LogP contribution in [0.3, 0.4) is 0 Å². The normalized spacial score (nSPS) is 10.7. The smallest absolute Gasteiger partial charge is 0.276 e. The van der Waals surface area contributed by atoms with E-state index in [1.165, 1.54) is 24.0 Å². The molecule has 4 rings (SSSR count). The molecule has 1 aromatic carbocycles. The van der Waals surface area contributed by atoms with Crippen LogP contribution in [0.25, 0.3) is 11.0 Å². The van der Waals surface area contributed by atoms with E-state index in [9.17, 15) is 13.6 Å². The van der Waals surface area contributed by atoms with E-state index in [1.807, 2.05) is 0 Å². The lowest BCUT2D eigenvalue weighted by molar-refractivity contribution is 0.399. The Bertz CT molecular complexity index is 1260. The first-order chi connectivity index (χ1) is 14.5. The predicted octanol–water partition coefficient (Wildman–Crippen LogP) is 3.94. The van der Waals surface area contributed by atoms with Gasteiger partial charge in [-0.3, -0.25) is 4.79 Å². The Kier molecular flexibility index (Phi) is 6.45. The number of furan rings is 1. The highest BCUT2D eigenvalue weighted by atomic mass is 35.5. The SMILES string of the molecule is COc1ccc2c(n1)c(N)c(NCc1ccco1)c(=O)n2Cc1c(F)cccc1F.Cl. The minimum atomic E-state index is -0.751. The number of halogens is 3. The minimum absolute atomic E-state index is 0. The highest BCUT2D eigenvalue weighted by molar-refractivity contribution is 5.94. The van der Waals surface area contributed by atoms with Crippen LogP contribution >= 0.6 is 12.4 Å². The van der Waals surface area contributed by atoms with Crippen LogP contribution in [0.5, 0.6) is 5.88 Å². The highest BCUT2D eigenvalue weighted by Gasteiger charge is 2.19. The summed E-state index contributed by atoms with van der Waals surface area (Å²) in [6, 6.07) is 10.1.